The summed E-state index contributed by atoms with van der Waals surface area (Å²) in [6.07, 6.45) is 3.70. The minimum atomic E-state index is 0.679. The van der Waals surface area contributed by atoms with E-state index in [4.69, 9.17) is 7.05 Å². The molecule has 3 nitrogen and oxygen atoms in total. The molecule has 0 aliphatic carbocycles. The van der Waals surface area contributed by atoms with E-state index in [9.17, 15) is 0 Å². The Hall–Kier alpha value is -1.64. The van der Waals surface area contributed by atoms with Crippen molar-refractivity contribution in [1.29, 1.82) is 0 Å². The lowest BCUT2D eigenvalue weighted by molar-refractivity contribution is 0.923. The van der Waals surface area contributed by atoms with E-state index >= 15 is 0 Å². The molecule has 1 N–H and O–H groups in total. The van der Waals surface area contributed by atoms with Gasteiger partial charge in [0.1, 0.15) is 12.1 Å². The van der Waals surface area contributed by atoms with Crippen LogP contribution in [0.2, 0.25) is 0 Å². The molecule has 0 aliphatic rings. The third-order valence-electron chi connectivity index (χ3n) is 2.38. The molecule has 1 heterocycles. The third-order valence-corrected chi connectivity index (χ3v) is 2.38. The smallest absolute Gasteiger partial charge is 0.137 e. The topological polar surface area (TPSA) is 37.8 Å². The average molecular weight is 199 g/mol. The van der Waals surface area contributed by atoms with Gasteiger partial charge >= 0.3 is 0 Å². The van der Waals surface area contributed by atoms with Gasteiger partial charge in [-0.15, -0.1) is 0 Å². The van der Waals surface area contributed by atoms with E-state index in [1.54, 1.807) is 0 Å². The second-order valence-corrected chi connectivity index (χ2v) is 3.47. The van der Waals surface area contributed by atoms with Gasteiger partial charge < -0.3 is 5.32 Å². The number of anilines is 1. The van der Waals surface area contributed by atoms with Crippen LogP contribution >= 0.6 is 0 Å². The second-order valence-electron chi connectivity index (χ2n) is 3.47. The predicted molar refractivity (Wildman–Crippen MR) is 61.5 cm³/mol. The van der Waals surface area contributed by atoms with Gasteiger partial charge in [-0.25, -0.2) is 9.97 Å². The highest BCUT2D eigenvalue weighted by molar-refractivity contribution is 5.89. The maximum Gasteiger partial charge on any atom is 0.137 e. The molecule has 3 heteroatoms. The Morgan fingerprint density at radius 2 is 2.20 bits per heavy atom. The second kappa shape index (κ2) is 4.26. The molecule has 0 unspecified atom stereocenters. The number of hydrogen-bond acceptors (Lipinski definition) is 3. The molecule has 0 bridgehead atoms. The summed E-state index contributed by atoms with van der Waals surface area (Å²) >= 11 is 0. The summed E-state index contributed by atoms with van der Waals surface area (Å²) in [6, 6.07) is 6.19. The number of benzene rings is 1. The fourth-order valence-electron chi connectivity index (χ4n) is 1.66. The van der Waals surface area contributed by atoms with Crippen LogP contribution in [0.4, 0.5) is 5.82 Å². The molecular formula is C12H13N3. The summed E-state index contributed by atoms with van der Waals surface area (Å²) in [5.74, 6) is 0.679. The lowest BCUT2D eigenvalue weighted by Gasteiger charge is -2.05. The van der Waals surface area contributed by atoms with Gasteiger partial charge in [0.15, 0.2) is 0 Å². The minimum Gasteiger partial charge on any atom is -0.362 e. The molecule has 2 rings (SSSR count). The number of hydrogen-bond donors (Lipinski definition) is 1. The summed E-state index contributed by atoms with van der Waals surface area (Å²) in [4.78, 5) is 8.26. The van der Waals surface area contributed by atoms with E-state index in [0.29, 0.717) is 5.82 Å². The molecule has 0 atom stereocenters. The van der Waals surface area contributed by atoms with Crippen LogP contribution in [0.1, 0.15) is 18.9 Å². The number of nitrogens with one attached hydrogen (secondary N) is 1. The highest BCUT2D eigenvalue weighted by Gasteiger charge is 2.02. The first-order chi connectivity index (χ1) is 7.35. The van der Waals surface area contributed by atoms with Crippen LogP contribution in [0.3, 0.4) is 0 Å². The molecule has 76 valence electrons. The van der Waals surface area contributed by atoms with Gasteiger partial charge in [0.2, 0.25) is 0 Å². The zero-order valence-electron chi connectivity index (χ0n) is 8.70. The molecular weight excluding hydrogens is 186 g/mol. The summed E-state index contributed by atoms with van der Waals surface area (Å²) < 4.78 is 0. The Bertz CT molecular complexity index is 465. The summed E-state index contributed by atoms with van der Waals surface area (Å²) in [5.41, 5.74) is 2.20. The number of aromatic nitrogens is 2. The van der Waals surface area contributed by atoms with E-state index in [-0.39, 0.29) is 0 Å². The highest BCUT2D eigenvalue weighted by Crippen LogP contribution is 2.20. The zero-order chi connectivity index (χ0) is 10.7. The monoisotopic (exact) mass is 199 g/mol. The van der Waals surface area contributed by atoms with Crippen LogP contribution in [0.15, 0.2) is 24.5 Å². The number of nitrogens with zero attached hydrogens (tertiary/aromatic N) is 2. The van der Waals surface area contributed by atoms with Crippen LogP contribution in [0, 0.1) is 7.05 Å². The SMILES string of the molecule is [CH]Nc1ncnc2ccc(CCC)cc12. The van der Waals surface area contributed by atoms with Crippen molar-refractivity contribution < 1.29 is 0 Å². The first-order valence-electron chi connectivity index (χ1n) is 5.05. The van der Waals surface area contributed by atoms with Crippen LogP contribution in [-0.4, -0.2) is 9.97 Å². The van der Waals surface area contributed by atoms with E-state index in [1.165, 1.54) is 11.9 Å². The molecule has 0 aliphatic heterocycles. The van der Waals surface area contributed by atoms with Crippen LogP contribution < -0.4 is 5.32 Å². The fraction of sp³-hybridized carbons (Fsp3) is 0.250. The minimum absolute atomic E-state index is 0.679. The van der Waals surface area contributed by atoms with Gasteiger partial charge in [0.05, 0.1) is 12.6 Å². The van der Waals surface area contributed by atoms with E-state index < -0.39 is 0 Å². The lowest BCUT2D eigenvalue weighted by Crippen LogP contribution is -1.93. The molecule has 2 aromatic rings. The summed E-state index contributed by atoms with van der Waals surface area (Å²) in [5, 5.41) is 3.57. The third kappa shape index (κ3) is 1.91. The predicted octanol–water partition coefficient (Wildman–Crippen LogP) is 2.66. The molecule has 2 radical (unpaired) electrons. The Kier molecular flexibility index (Phi) is 2.81. The molecule has 1 aromatic carbocycles. The van der Waals surface area contributed by atoms with Crippen molar-refractivity contribution in [2.75, 3.05) is 5.32 Å². The van der Waals surface area contributed by atoms with Crippen molar-refractivity contribution in [2.24, 2.45) is 0 Å². The van der Waals surface area contributed by atoms with Crippen molar-refractivity contribution in [2.45, 2.75) is 19.8 Å². The Labute approximate surface area is 89.6 Å². The van der Waals surface area contributed by atoms with Gasteiger partial charge in [-0.3, -0.25) is 0 Å². The van der Waals surface area contributed by atoms with E-state index in [1.807, 2.05) is 6.07 Å². The van der Waals surface area contributed by atoms with Gasteiger partial charge in [-0.2, -0.15) is 0 Å². The van der Waals surface area contributed by atoms with Gasteiger partial charge in [-0.05, 0) is 24.1 Å². The maximum atomic E-state index is 5.40. The molecule has 15 heavy (non-hydrogen) atoms. The molecule has 0 saturated carbocycles. The summed E-state index contributed by atoms with van der Waals surface area (Å²) in [6.45, 7) is 2.16. The highest BCUT2D eigenvalue weighted by atomic mass is 15.0. The number of fused-ring (bicyclic) bond motifs is 1. The normalized spacial score (nSPS) is 10.5. The Morgan fingerprint density at radius 1 is 1.33 bits per heavy atom. The number of aryl methyl sites for hydroxylation is 1. The summed E-state index contributed by atoms with van der Waals surface area (Å²) in [7, 11) is 5.40. The molecule has 0 spiro atoms. The quantitative estimate of drug-likeness (QED) is 0.772. The van der Waals surface area contributed by atoms with Crippen LogP contribution in [0.25, 0.3) is 10.9 Å². The zero-order valence-corrected chi connectivity index (χ0v) is 8.70. The van der Waals surface area contributed by atoms with E-state index in [0.717, 1.165) is 23.7 Å². The lowest BCUT2D eigenvalue weighted by atomic mass is 10.1. The first-order valence-corrected chi connectivity index (χ1v) is 5.05. The first kappa shape index (κ1) is 9.90. The standard InChI is InChI=1S/C12H13N3/c1-3-4-9-5-6-11-10(7-9)12(13-2)15-8-14-11/h2,5-8H,3-4H2,1H3,(H,13,14,15). The largest absolute Gasteiger partial charge is 0.362 e. The van der Waals surface area contributed by atoms with Gasteiger partial charge in [-0.1, -0.05) is 19.4 Å². The molecule has 0 saturated heterocycles. The Balaban J connectivity index is 2.57. The Morgan fingerprint density at radius 3 is 2.93 bits per heavy atom. The molecule has 1 aromatic heterocycles. The van der Waals surface area contributed by atoms with Crippen molar-refractivity contribution in [3.8, 4) is 0 Å². The number of rotatable bonds is 3. The van der Waals surface area contributed by atoms with Gasteiger partial charge in [0, 0.05) is 5.39 Å². The maximum absolute atomic E-state index is 5.40. The molecule has 0 amide bonds. The van der Waals surface area contributed by atoms with Crippen molar-refractivity contribution in [3.05, 3.63) is 37.1 Å². The molecule has 0 fully saturated rings. The average Bonchev–Trinajstić information content (AvgIpc) is 2.28. The van der Waals surface area contributed by atoms with Gasteiger partial charge in [0.25, 0.3) is 0 Å². The van der Waals surface area contributed by atoms with Crippen LogP contribution in [0.5, 0.6) is 0 Å². The van der Waals surface area contributed by atoms with Crippen molar-refractivity contribution >= 4 is 16.7 Å². The van der Waals surface area contributed by atoms with E-state index in [2.05, 4.69) is 34.3 Å². The fourth-order valence-corrected chi connectivity index (χ4v) is 1.66. The van der Waals surface area contributed by atoms with Crippen molar-refractivity contribution in [3.63, 3.8) is 0 Å². The van der Waals surface area contributed by atoms with Crippen LogP contribution in [-0.2, 0) is 6.42 Å². The van der Waals surface area contributed by atoms with Crippen molar-refractivity contribution in [1.82, 2.24) is 9.97 Å².